The molecular weight excluding hydrogens is 521 g/mol. The first-order chi connectivity index (χ1) is 15.2. The van der Waals surface area contributed by atoms with E-state index in [2.05, 4.69) is 16.7 Å². The van der Waals surface area contributed by atoms with Crippen LogP contribution >= 0.6 is 24.0 Å². The van der Waals surface area contributed by atoms with Gasteiger partial charge in [0.05, 0.1) is 34.5 Å². The molecule has 1 fully saturated rings. The van der Waals surface area contributed by atoms with Gasteiger partial charge in [0.15, 0.2) is 17.5 Å². The monoisotopic (exact) mass is 555 g/mol. The summed E-state index contributed by atoms with van der Waals surface area (Å²) in [5.74, 6) is 4.34. The number of para-hydroxylation sites is 1. The number of nitrogens with zero attached hydrogens (tertiary/aromatic N) is 1. The number of hydrogen-bond donors (Lipinski definition) is 2. The van der Waals surface area contributed by atoms with Crippen LogP contribution in [0.15, 0.2) is 41.4 Å². The summed E-state index contributed by atoms with van der Waals surface area (Å²) < 4.78 is 22.3. The third-order valence-corrected chi connectivity index (χ3v) is 5.13. The summed E-state index contributed by atoms with van der Waals surface area (Å²) in [4.78, 5) is 4.73. The van der Waals surface area contributed by atoms with Crippen molar-refractivity contribution in [1.29, 1.82) is 0 Å². The van der Waals surface area contributed by atoms with E-state index in [4.69, 9.17) is 23.9 Å². The molecule has 0 aromatic heterocycles. The van der Waals surface area contributed by atoms with Gasteiger partial charge in [-0.1, -0.05) is 18.2 Å². The summed E-state index contributed by atoms with van der Waals surface area (Å²) in [7, 11) is 4.86. The van der Waals surface area contributed by atoms with E-state index in [0.717, 1.165) is 41.9 Å². The number of rotatable bonds is 11. The first-order valence-corrected chi connectivity index (χ1v) is 10.7. The van der Waals surface area contributed by atoms with E-state index < -0.39 is 0 Å². The highest BCUT2D eigenvalue weighted by atomic mass is 127. The molecule has 8 heteroatoms. The van der Waals surface area contributed by atoms with Crippen LogP contribution in [0.3, 0.4) is 0 Å². The quantitative estimate of drug-likeness (QED) is 0.244. The molecule has 2 N–H and O–H groups in total. The lowest BCUT2D eigenvalue weighted by Gasteiger charge is -2.16. The zero-order chi connectivity index (χ0) is 22.1. The number of guanidine groups is 1. The minimum Gasteiger partial charge on any atom is -0.496 e. The second kappa shape index (κ2) is 13.2. The molecule has 2 aromatic rings. The van der Waals surface area contributed by atoms with E-state index >= 15 is 0 Å². The Hall–Kier alpha value is -2.36. The van der Waals surface area contributed by atoms with Crippen molar-refractivity contribution < 1.29 is 18.9 Å². The van der Waals surface area contributed by atoms with Crippen molar-refractivity contribution in [2.75, 3.05) is 34.5 Å². The molecule has 3 rings (SSSR count). The van der Waals surface area contributed by atoms with Crippen LogP contribution in [-0.4, -0.2) is 40.4 Å². The highest BCUT2D eigenvalue weighted by molar-refractivity contribution is 14.0. The number of hydrogen-bond acceptors (Lipinski definition) is 5. The Morgan fingerprint density at radius 1 is 0.906 bits per heavy atom. The fraction of sp³-hybridized carbons (Fsp3) is 0.458. The molecule has 0 unspecified atom stereocenters. The summed E-state index contributed by atoms with van der Waals surface area (Å²) in [5.41, 5.74) is 2.02. The highest BCUT2D eigenvalue weighted by Gasteiger charge is 2.22. The van der Waals surface area contributed by atoms with E-state index in [1.54, 1.807) is 21.3 Å². The van der Waals surface area contributed by atoms with Crippen LogP contribution in [0.1, 0.15) is 30.9 Å². The van der Waals surface area contributed by atoms with Crippen LogP contribution in [0.25, 0.3) is 0 Å². The summed E-state index contributed by atoms with van der Waals surface area (Å²) >= 11 is 0. The third-order valence-electron chi connectivity index (χ3n) is 5.13. The number of ether oxygens (including phenoxy) is 4. The Labute approximate surface area is 207 Å². The molecule has 1 aliphatic rings. The number of benzene rings is 2. The average Bonchev–Trinajstić information content (AvgIpc) is 3.64. The van der Waals surface area contributed by atoms with Gasteiger partial charge in [-0.2, -0.15) is 0 Å². The van der Waals surface area contributed by atoms with Gasteiger partial charge in [0.2, 0.25) is 0 Å². The molecule has 0 radical (unpaired) electrons. The Bertz CT molecular complexity index is 888. The van der Waals surface area contributed by atoms with E-state index in [0.29, 0.717) is 30.3 Å². The van der Waals surface area contributed by atoms with Crippen molar-refractivity contribution in [2.24, 2.45) is 10.9 Å². The van der Waals surface area contributed by atoms with E-state index in [9.17, 15) is 0 Å². The normalized spacial score (nSPS) is 13.1. The smallest absolute Gasteiger partial charge is 0.191 e. The van der Waals surface area contributed by atoms with Crippen molar-refractivity contribution in [3.05, 3.63) is 47.5 Å². The lowest BCUT2D eigenvalue weighted by molar-refractivity contribution is 0.296. The Morgan fingerprint density at radius 3 is 2.25 bits per heavy atom. The largest absolute Gasteiger partial charge is 0.496 e. The second-order valence-corrected chi connectivity index (χ2v) is 7.43. The van der Waals surface area contributed by atoms with Crippen LogP contribution in [0.4, 0.5) is 0 Å². The number of nitrogens with one attached hydrogen (secondary N) is 2. The molecule has 1 aliphatic carbocycles. The molecule has 32 heavy (non-hydrogen) atoms. The topological polar surface area (TPSA) is 73.3 Å². The van der Waals surface area contributed by atoms with Gasteiger partial charge in [-0.3, -0.25) is 0 Å². The van der Waals surface area contributed by atoms with E-state index in [-0.39, 0.29) is 24.0 Å². The van der Waals surface area contributed by atoms with Gasteiger partial charge in [-0.15, -0.1) is 24.0 Å². The van der Waals surface area contributed by atoms with Crippen molar-refractivity contribution in [2.45, 2.75) is 32.9 Å². The highest BCUT2D eigenvalue weighted by Crippen LogP contribution is 2.35. The molecule has 0 saturated heterocycles. The summed E-state index contributed by atoms with van der Waals surface area (Å²) in [6, 6.07) is 11.9. The Balaban J connectivity index is 0.00000363. The summed E-state index contributed by atoms with van der Waals surface area (Å²) in [6.07, 6.45) is 2.55. The number of methoxy groups -OCH3 is 3. The minimum atomic E-state index is 0. The van der Waals surface area contributed by atoms with Gasteiger partial charge < -0.3 is 29.6 Å². The fourth-order valence-corrected chi connectivity index (χ4v) is 3.18. The van der Waals surface area contributed by atoms with Gasteiger partial charge in [0.1, 0.15) is 11.5 Å². The van der Waals surface area contributed by atoms with Crippen LogP contribution < -0.4 is 29.6 Å². The van der Waals surface area contributed by atoms with Gasteiger partial charge in [-0.05, 0) is 37.8 Å². The first-order valence-electron chi connectivity index (χ1n) is 10.7. The van der Waals surface area contributed by atoms with Crippen molar-refractivity contribution in [3.63, 3.8) is 0 Å². The van der Waals surface area contributed by atoms with Crippen LogP contribution in [0, 0.1) is 5.92 Å². The molecule has 0 bridgehead atoms. The fourth-order valence-electron chi connectivity index (χ4n) is 3.18. The molecule has 1 saturated carbocycles. The lowest BCUT2D eigenvalue weighted by atomic mass is 10.1. The third kappa shape index (κ3) is 7.36. The van der Waals surface area contributed by atoms with Crippen LogP contribution in [0.2, 0.25) is 0 Å². The molecular formula is C24H34IN3O4. The summed E-state index contributed by atoms with van der Waals surface area (Å²) in [6.45, 7) is 4.65. The van der Waals surface area contributed by atoms with Gasteiger partial charge >= 0.3 is 0 Å². The van der Waals surface area contributed by atoms with Crippen molar-refractivity contribution in [3.8, 4) is 23.0 Å². The zero-order valence-electron chi connectivity index (χ0n) is 19.3. The standard InChI is InChI=1S/C24H33N3O4.HI/c1-5-25-24(26-14-18-8-6-7-9-20(18)31-16-17-10-11-17)27-15-19-12-22(29-3)23(30-4)13-21(19)28-2;/h6-9,12-13,17H,5,10-11,14-16H2,1-4H3,(H2,25,26,27);1H. The molecule has 0 heterocycles. The average molecular weight is 555 g/mol. The van der Waals surface area contributed by atoms with Gasteiger partial charge in [0.25, 0.3) is 0 Å². The Kier molecular flexibility index (Phi) is 10.7. The zero-order valence-corrected chi connectivity index (χ0v) is 21.6. The van der Waals surface area contributed by atoms with Gasteiger partial charge in [0, 0.05) is 30.3 Å². The van der Waals surface area contributed by atoms with Gasteiger partial charge in [-0.25, -0.2) is 4.99 Å². The van der Waals surface area contributed by atoms with Crippen LogP contribution in [0.5, 0.6) is 23.0 Å². The molecule has 7 nitrogen and oxygen atoms in total. The molecule has 0 atom stereocenters. The molecule has 176 valence electrons. The predicted molar refractivity (Wildman–Crippen MR) is 138 cm³/mol. The van der Waals surface area contributed by atoms with E-state index in [1.165, 1.54) is 12.8 Å². The maximum Gasteiger partial charge on any atom is 0.191 e. The molecule has 0 amide bonds. The number of aliphatic imine (C=N–C) groups is 1. The first kappa shape index (κ1) is 25.9. The minimum absolute atomic E-state index is 0. The van der Waals surface area contributed by atoms with E-state index in [1.807, 2.05) is 37.3 Å². The summed E-state index contributed by atoms with van der Waals surface area (Å²) in [5, 5.41) is 6.69. The van der Waals surface area contributed by atoms with Crippen LogP contribution in [-0.2, 0) is 13.1 Å². The second-order valence-electron chi connectivity index (χ2n) is 7.43. The maximum absolute atomic E-state index is 6.02. The van der Waals surface area contributed by atoms with Crippen molar-refractivity contribution >= 4 is 29.9 Å². The molecule has 0 aliphatic heterocycles. The number of halogens is 1. The Morgan fingerprint density at radius 2 is 1.59 bits per heavy atom. The predicted octanol–water partition coefficient (Wildman–Crippen LogP) is 4.37. The molecule has 0 spiro atoms. The lowest BCUT2D eigenvalue weighted by Crippen LogP contribution is -2.36. The molecule has 2 aromatic carbocycles. The maximum atomic E-state index is 6.02. The van der Waals surface area contributed by atoms with Crippen molar-refractivity contribution in [1.82, 2.24) is 10.6 Å². The SMILES string of the molecule is CCNC(=NCc1cc(OC)c(OC)cc1OC)NCc1ccccc1OCC1CC1.I.